The number of nitrogens with one attached hydrogen (secondary N) is 3. The number of hydrogen-bond donors (Lipinski definition) is 3. The highest BCUT2D eigenvalue weighted by molar-refractivity contribution is 6.04. The number of rotatable bonds is 4. The van der Waals surface area contributed by atoms with Crippen LogP contribution in [0.1, 0.15) is 50.5 Å². The van der Waals surface area contributed by atoms with E-state index in [4.69, 9.17) is 0 Å². The number of carbonyl (C=O) groups excluding carboxylic acids is 2. The van der Waals surface area contributed by atoms with Gasteiger partial charge in [0.1, 0.15) is 11.6 Å². The molecule has 1 aromatic carbocycles. The van der Waals surface area contributed by atoms with Crippen molar-refractivity contribution in [1.29, 1.82) is 0 Å². The van der Waals surface area contributed by atoms with Crippen molar-refractivity contribution in [3.05, 3.63) is 46.0 Å². The van der Waals surface area contributed by atoms with Crippen LogP contribution in [0.5, 0.6) is 0 Å². The van der Waals surface area contributed by atoms with E-state index in [-0.39, 0.29) is 29.5 Å². The van der Waals surface area contributed by atoms with Crippen molar-refractivity contribution >= 4 is 29.3 Å². The molecule has 158 valence electrons. The molecule has 2 aliphatic heterocycles. The fraction of sp³-hybridized carbons (Fsp3) is 0.429. The van der Waals surface area contributed by atoms with Crippen molar-refractivity contribution in [3.8, 4) is 0 Å². The van der Waals surface area contributed by atoms with Gasteiger partial charge < -0.3 is 15.5 Å². The number of fused-ring (bicyclic) bond motifs is 1. The second-order valence-electron chi connectivity index (χ2n) is 7.68. The van der Waals surface area contributed by atoms with Crippen molar-refractivity contribution in [2.24, 2.45) is 0 Å². The maximum Gasteiger partial charge on any atom is 0.258 e. The lowest BCUT2D eigenvalue weighted by Gasteiger charge is -2.36. The van der Waals surface area contributed by atoms with Crippen LogP contribution in [0.25, 0.3) is 0 Å². The highest BCUT2D eigenvalue weighted by atomic mass is 19.1. The van der Waals surface area contributed by atoms with Gasteiger partial charge in [0.25, 0.3) is 5.56 Å². The lowest BCUT2D eigenvalue weighted by molar-refractivity contribution is -0.123. The number of piperidine rings is 1. The molecule has 0 aliphatic carbocycles. The summed E-state index contributed by atoms with van der Waals surface area (Å²) >= 11 is 0. The van der Waals surface area contributed by atoms with Crippen LogP contribution in [0.2, 0.25) is 0 Å². The molecule has 0 saturated carbocycles. The number of aromatic amines is 1. The summed E-state index contributed by atoms with van der Waals surface area (Å²) in [6.45, 7) is 2.86. The van der Waals surface area contributed by atoms with E-state index in [1.165, 1.54) is 18.2 Å². The van der Waals surface area contributed by atoms with Crippen molar-refractivity contribution in [1.82, 2.24) is 9.97 Å². The normalized spacial score (nSPS) is 21.0. The van der Waals surface area contributed by atoms with E-state index in [2.05, 4.69) is 32.4 Å². The molecule has 2 aliphatic rings. The number of para-hydroxylation sites is 1. The summed E-state index contributed by atoms with van der Waals surface area (Å²) in [7, 11) is 0. The zero-order valence-corrected chi connectivity index (χ0v) is 16.7. The van der Waals surface area contributed by atoms with Gasteiger partial charge in [-0.25, -0.2) is 4.39 Å². The third kappa shape index (κ3) is 3.79. The number of carbonyl (C=O) groups is 2. The third-order valence-electron chi connectivity index (χ3n) is 5.76. The highest BCUT2D eigenvalue weighted by Crippen LogP contribution is 2.32. The predicted octanol–water partition coefficient (Wildman–Crippen LogP) is 2.74. The lowest BCUT2D eigenvalue weighted by atomic mass is 9.92. The Bertz CT molecular complexity index is 1040. The summed E-state index contributed by atoms with van der Waals surface area (Å²) < 4.78 is 13.9. The van der Waals surface area contributed by atoms with Crippen LogP contribution in [0.3, 0.4) is 0 Å². The molecular formula is C21H24FN5O3. The van der Waals surface area contributed by atoms with Gasteiger partial charge in [0, 0.05) is 19.0 Å². The maximum absolute atomic E-state index is 13.9. The molecule has 2 aromatic rings. The number of nitrogens with zero attached hydrogens (tertiary/aromatic N) is 2. The van der Waals surface area contributed by atoms with E-state index in [0.29, 0.717) is 5.95 Å². The minimum absolute atomic E-state index is 0.00450. The van der Waals surface area contributed by atoms with Gasteiger partial charge >= 0.3 is 0 Å². The largest absolute Gasteiger partial charge is 0.339 e. The first-order valence-electron chi connectivity index (χ1n) is 10.2. The fourth-order valence-electron chi connectivity index (χ4n) is 4.21. The number of hydrogen-bond acceptors (Lipinski definition) is 5. The Labute approximate surface area is 172 Å². The summed E-state index contributed by atoms with van der Waals surface area (Å²) in [4.78, 5) is 47.3. The van der Waals surface area contributed by atoms with Gasteiger partial charge in [0.2, 0.25) is 17.8 Å². The molecule has 9 heteroatoms. The molecule has 0 radical (unpaired) electrons. The molecule has 1 fully saturated rings. The number of aromatic nitrogens is 2. The second kappa shape index (κ2) is 8.25. The van der Waals surface area contributed by atoms with Gasteiger partial charge in [-0.1, -0.05) is 19.1 Å². The van der Waals surface area contributed by atoms with E-state index in [9.17, 15) is 18.8 Å². The average molecular weight is 413 g/mol. The second-order valence-corrected chi connectivity index (χ2v) is 7.68. The average Bonchev–Trinajstić information content (AvgIpc) is 2.74. The van der Waals surface area contributed by atoms with Crippen molar-refractivity contribution in [2.45, 2.75) is 51.0 Å². The molecular weight excluding hydrogens is 389 g/mol. The first kappa shape index (κ1) is 20.1. The first-order valence-corrected chi connectivity index (χ1v) is 10.2. The zero-order valence-electron chi connectivity index (χ0n) is 16.7. The zero-order chi connectivity index (χ0) is 21.3. The van der Waals surface area contributed by atoms with Gasteiger partial charge in [0.05, 0.1) is 17.2 Å². The van der Waals surface area contributed by atoms with Crippen LogP contribution in [-0.4, -0.2) is 34.4 Å². The molecule has 1 aromatic heterocycles. The minimum atomic E-state index is -1.05. The smallest absolute Gasteiger partial charge is 0.258 e. The topological polar surface area (TPSA) is 107 Å². The Balaban J connectivity index is 1.67. The lowest BCUT2D eigenvalue weighted by Crippen LogP contribution is -2.43. The Morgan fingerprint density at radius 1 is 1.30 bits per heavy atom. The molecule has 30 heavy (non-hydrogen) atoms. The van der Waals surface area contributed by atoms with Crippen LogP contribution < -0.4 is 21.1 Å². The molecule has 0 unspecified atom stereocenters. The highest BCUT2D eigenvalue weighted by Gasteiger charge is 2.36. The molecule has 0 bridgehead atoms. The van der Waals surface area contributed by atoms with Crippen molar-refractivity contribution < 1.29 is 14.0 Å². The number of benzene rings is 1. The third-order valence-corrected chi connectivity index (χ3v) is 5.76. The molecule has 4 rings (SSSR count). The summed E-state index contributed by atoms with van der Waals surface area (Å²) in [6.07, 6.45) is 3.84. The van der Waals surface area contributed by atoms with Crippen molar-refractivity contribution in [3.63, 3.8) is 0 Å². The van der Waals surface area contributed by atoms with E-state index < -0.39 is 29.1 Å². The Hall–Kier alpha value is -3.23. The predicted molar refractivity (Wildman–Crippen MR) is 111 cm³/mol. The van der Waals surface area contributed by atoms with E-state index in [0.717, 1.165) is 32.2 Å². The molecule has 1 saturated heterocycles. The summed E-state index contributed by atoms with van der Waals surface area (Å²) in [5.41, 5.74) is -0.378. The monoisotopic (exact) mass is 413 g/mol. The van der Waals surface area contributed by atoms with Gasteiger partial charge in [-0.2, -0.15) is 4.98 Å². The number of amides is 2. The first-order chi connectivity index (χ1) is 14.5. The van der Waals surface area contributed by atoms with Gasteiger partial charge in [-0.3, -0.25) is 19.4 Å². The quantitative estimate of drug-likeness (QED) is 0.715. The fourth-order valence-corrected chi connectivity index (χ4v) is 4.21. The Kier molecular flexibility index (Phi) is 5.52. The molecule has 8 nitrogen and oxygen atoms in total. The van der Waals surface area contributed by atoms with Crippen molar-refractivity contribution in [2.75, 3.05) is 22.1 Å². The minimum Gasteiger partial charge on any atom is -0.339 e. The van der Waals surface area contributed by atoms with E-state index in [1.807, 2.05) is 0 Å². The number of halogens is 1. The summed E-state index contributed by atoms with van der Waals surface area (Å²) in [5.74, 6) is -2.18. The maximum atomic E-state index is 13.9. The number of H-pyrrole nitrogens is 1. The van der Waals surface area contributed by atoms with Crippen LogP contribution in [-0.2, 0) is 9.59 Å². The van der Waals surface area contributed by atoms with Crippen LogP contribution in [0.15, 0.2) is 29.1 Å². The standard InChI is InChI=1S/C21H24FN5O3/c1-2-12-7-5-6-10-27(12)21-25-18-17(20(30)26-21)13(11-16(28)24-18)19(29)23-15-9-4-3-8-14(15)22/h3-4,8-9,12-13H,2,5-7,10-11H2,1H3,(H,23,29)(H2,24,25,26,28,30)/t12-,13+/m1/s1. The number of anilines is 3. The van der Waals surface area contributed by atoms with Crippen LogP contribution >= 0.6 is 0 Å². The van der Waals surface area contributed by atoms with Gasteiger partial charge in [0.15, 0.2) is 0 Å². The van der Waals surface area contributed by atoms with Gasteiger partial charge in [-0.05, 0) is 37.8 Å². The summed E-state index contributed by atoms with van der Waals surface area (Å²) in [5, 5.41) is 5.10. The molecule has 2 amide bonds. The Morgan fingerprint density at radius 2 is 2.10 bits per heavy atom. The van der Waals surface area contributed by atoms with E-state index in [1.54, 1.807) is 6.07 Å². The SMILES string of the molecule is CC[C@@H]1CCCCN1c1nc2c(c(=O)[nH]1)[C@@H](C(=O)Nc1ccccc1F)CC(=O)N2. The molecule has 2 atom stereocenters. The van der Waals surface area contributed by atoms with Gasteiger partial charge in [-0.15, -0.1) is 0 Å². The Morgan fingerprint density at radius 3 is 2.87 bits per heavy atom. The molecule has 0 spiro atoms. The van der Waals surface area contributed by atoms with E-state index >= 15 is 0 Å². The summed E-state index contributed by atoms with van der Waals surface area (Å²) in [6, 6.07) is 6.00. The van der Waals surface area contributed by atoms with Crippen LogP contribution in [0.4, 0.5) is 21.8 Å². The van der Waals surface area contributed by atoms with Crippen LogP contribution in [0, 0.1) is 5.82 Å². The molecule has 3 N–H and O–H groups in total. The molecule has 3 heterocycles.